The highest BCUT2D eigenvalue weighted by molar-refractivity contribution is 7.86. The van der Waals surface area contributed by atoms with E-state index in [0.29, 0.717) is 17.1 Å². The highest BCUT2D eigenvalue weighted by Gasteiger charge is 2.18. The molecular weight excluding hydrogens is 578 g/mol. The maximum absolute atomic E-state index is 11.9. The van der Waals surface area contributed by atoms with Crippen molar-refractivity contribution in [1.29, 1.82) is 0 Å². The number of rotatable bonds is 7. The lowest BCUT2D eigenvalue weighted by Crippen LogP contribution is -2.05. The third-order valence-corrected chi connectivity index (χ3v) is 6.86. The van der Waals surface area contributed by atoms with Crippen molar-refractivity contribution in [2.45, 2.75) is 16.7 Å². The van der Waals surface area contributed by atoms with E-state index >= 15 is 0 Å². The first kappa shape index (κ1) is 32.6. The van der Waals surface area contributed by atoms with E-state index in [1.165, 1.54) is 61.5 Å². The molecule has 4 aromatic carbocycles. The number of quaternary nitrogens is 1. The number of anilines is 1. The quantitative estimate of drug-likeness (QED) is 0.149. The summed E-state index contributed by atoms with van der Waals surface area (Å²) in [6.45, 7) is 1.29. The minimum absolute atomic E-state index is 0. The summed E-state index contributed by atoms with van der Waals surface area (Å²) >= 11 is 0. The predicted molar refractivity (Wildman–Crippen MR) is 148 cm³/mol. The highest BCUT2D eigenvalue weighted by atomic mass is 32.2. The van der Waals surface area contributed by atoms with E-state index in [-0.39, 0.29) is 34.7 Å². The Labute approximate surface area is 234 Å². The number of nitrogens with one attached hydrogen (secondary N) is 1. The molecule has 0 saturated heterocycles. The molecule has 0 atom stereocenters. The molecule has 4 rings (SSSR count). The van der Waals surface area contributed by atoms with Gasteiger partial charge in [-0.3, -0.25) is 4.79 Å². The van der Waals surface area contributed by atoms with E-state index < -0.39 is 41.5 Å². The van der Waals surface area contributed by atoms with Gasteiger partial charge in [-0.25, -0.2) is 16.8 Å². The molecular formula is C24H24N7O8S2-. The monoisotopic (exact) mass is 602 g/mol. The second-order valence-electron chi connectivity index (χ2n) is 8.01. The molecule has 0 saturated carbocycles. The number of phenols is 1. The summed E-state index contributed by atoms with van der Waals surface area (Å²) < 4.78 is 68.7. The summed E-state index contributed by atoms with van der Waals surface area (Å²) in [6.07, 6.45) is 0. The van der Waals surface area contributed by atoms with Crippen molar-refractivity contribution in [3.8, 4) is 5.75 Å². The van der Waals surface area contributed by atoms with Crippen molar-refractivity contribution in [3.63, 3.8) is 0 Å². The Bertz CT molecular complexity index is 1860. The lowest BCUT2D eigenvalue weighted by atomic mass is 10.1. The van der Waals surface area contributed by atoms with E-state index in [4.69, 9.17) is 0 Å². The van der Waals surface area contributed by atoms with E-state index in [1.54, 1.807) is 0 Å². The molecule has 41 heavy (non-hydrogen) atoms. The Kier molecular flexibility index (Phi) is 10.1. The van der Waals surface area contributed by atoms with Gasteiger partial charge in [-0.05, 0) is 78.2 Å². The summed E-state index contributed by atoms with van der Waals surface area (Å²) in [6, 6.07) is 16.2. The molecule has 0 radical (unpaired) electrons. The van der Waals surface area contributed by atoms with Crippen LogP contribution in [0.25, 0.3) is 10.8 Å². The predicted octanol–water partition coefficient (Wildman–Crippen LogP) is 5.68. The lowest BCUT2D eigenvalue weighted by Gasteiger charge is -2.14. The molecule has 0 aromatic heterocycles. The maximum Gasteiger partial charge on any atom is 0.221 e. The topological polar surface area (TPSA) is 285 Å². The number of amides is 1. The van der Waals surface area contributed by atoms with E-state index in [9.17, 15) is 35.8 Å². The van der Waals surface area contributed by atoms with Crippen LogP contribution in [0.4, 0.5) is 28.4 Å². The summed E-state index contributed by atoms with van der Waals surface area (Å²) in [5.74, 6) is -0.943. The van der Waals surface area contributed by atoms with Crippen LogP contribution in [0, 0.1) is 0 Å². The Hall–Kier alpha value is -4.65. The van der Waals surface area contributed by atoms with Crippen molar-refractivity contribution in [2.75, 3.05) is 5.32 Å². The highest BCUT2D eigenvalue weighted by Crippen LogP contribution is 2.42. The molecule has 0 aliphatic rings. The molecule has 216 valence electrons. The summed E-state index contributed by atoms with van der Waals surface area (Å²) in [5, 5.41) is 29.3. The number of carbonyl (C=O) groups is 1. The molecule has 17 heteroatoms. The van der Waals surface area contributed by atoms with Gasteiger partial charge in [0.15, 0.2) is 5.75 Å². The average Bonchev–Trinajstić information content (AvgIpc) is 2.86. The van der Waals surface area contributed by atoms with Gasteiger partial charge in [-0.1, -0.05) is 0 Å². The molecule has 0 aliphatic carbocycles. The standard InChI is InChI=1S/C24H19N5O8S2.2H3N/c1-14(30)25-19-8-11-21-15(12-19)13-22(39(35,36)37)23(24(21)31)29-28-17-4-2-16(3-5-17)26-27-18-6-9-20(10-7-18)38(32,33)34;;/h2-13,31H,1H3,(H,25,30)(H,32,33,34)(H,35,36,37);2*1H3/p-1. The third-order valence-electron chi connectivity index (χ3n) is 5.16. The van der Waals surface area contributed by atoms with E-state index in [0.717, 1.165) is 18.2 Å². The first-order valence-electron chi connectivity index (χ1n) is 10.8. The number of azo groups is 2. The van der Waals surface area contributed by atoms with Gasteiger partial charge in [0.25, 0.3) is 0 Å². The van der Waals surface area contributed by atoms with Gasteiger partial charge < -0.3 is 31.8 Å². The molecule has 0 heterocycles. The molecule has 15 nitrogen and oxygen atoms in total. The van der Waals surface area contributed by atoms with Gasteiger partial charge in [0, 0.05) is 18.0 Å². The molecule has 0 unspecified atom stereocenters. The van der Waals surface area contributed by atoms with Gasteiger partial charge in [0.05, 0.1) is 26.9 Å². The zero-order chi connectivity index (χ0) is 28.4. The molecule has 1 amide bonds. The second-order valence-corrected chi connectivity index (χ2v) is 10.7. The minimum Gasteiger partial charge on any atom is -0.744 e. The Morgan fingerprint density at radius 3 is 1.71 bits per heavy atom. The lowest BCUT2D eigenvalue weighted by molar-refractivity contribution is -0.114. The van der Waals surface area contributed by atoms with Crippen molar-refractivity contribution in [1.82, 2.24) is 12.3 Å². The Morgan fingerprint density at radius 2 is 1.24 bits per heavy atom. The van der Waals surface area contributed by atoms with Crippen molar-refractivity contribution in [2.24, 2.45) is 20.5 Å². The summed E-state index contributed by atoms with van der Waals surface area (Å²) in [4.78, 5) is 10.1. The molecule has 9 N–H and O–H groups in total. The number of nitrogens with zero attached hydrogens (tertiary/aromatic N) is 4. The molecule has 0 aliphatic heterocycles. The molecule has 0 bridgehead atoms. The number of hydrogen-bond donors (Lipinski definition) is 4. The fourth-order valence-electron chi connectivity index (χ4n) is 3.41. The zero-order valence-corrected chi connectivity index (χ0v) is 23.2. The summed E-state index contributed by atoms with van der Waals surface area (Å²) in [5.41, 5.74) is 0.697. The first-order chi connectivity index (χ1) is 18.3. The average molecular weight is 603 g/mol. The van der Waals surface area contributed by atoms with Crippen molar-refractivity contribution < 1.29 is 35.8 Å². The minimum atomic E-state index is -5.07. The van der Waals surface area contributed by atoms with Crippen LogP contribution in [-0.4, -0.2) is 37.0 Å². The molecule has 0 spiro atoms. The number of hydrogen-bond acceptors (Lipinski definition) is 13. The van der Waals surface area contributed by atoms with Crippen molar-refractivity contribution >= 4 is 65.4 Å². The fraction of sp³-hybridized carbons (Fsp3) is 0.0417. The largest absolute Gasteiger partial charge is 0.744 e. The maximum atomic E-state index is 11.9. The SMILES string of the molecule is CC(=O)Nc1ccc2c(O)c(N=Nc3ccc(N=Nc4ccc(S(=O)(=O)[O-])cc4)cc3)c(S(=O)(=O)[O-])cc2c1.N.[NH4+]. The first-order valence-corrected chi connectivity index (χ1v) is 13.7. The van der Waals surface area contributed by atoms with Crippen LogP contribution < -0.4 is 17.6 Å². The Morgan fingerprint density at radius 1 is 0.756 bits per heavy atom. The zero-order valence-electron chi connectivity index (χ0n) is 21.5. The van der Waals surface area contributed by atoms with Gasteiger partial charge in [0.1, 0.15) is 25.9 Å². The van der Waals surface area contributed by atoms with Crippen LogP contribution in [0.1, 0.15) is 6.92 Å². The number of carbonyl (C=O) groups excluding carboxylic acids is 1. The normalized spacial score (nSPS) is 11.8. The number of benzene rings is 4. The third kappa shape index (κ3) is 7.94. The Balaban J connectivity index is 0.00000294. The van der Waals surface area contributed by atoms with E-state index in [1.807, 2.05) is 0 Å². The van der Waals surface area contributed by atoms with Gasteiger partial charge in [0.2, 0.25) is 5.91 Å². The number of fused-ring (bicyclic) bond motifs is 1. The fourth-order valence-corrected chi connectivity index (χ4v) is 4.52. The van der Waals surface area contributed by atoms with Crippen LogP contribution in [0.5, 0.6) is 5.75 Å². The van der Waals surface area contributed by atoms with Crippen LogP contribution in [0.3, 0.4) is 0 Å². The smallest absolute Gasteiger partial charge is 0.221 e. The summed E-state index contributed by atoms with van der Waals surface area (Å²) in [7, 11) is -9.64. The number of phenolic OH excluding ortho intramolecular Hbond substituents is 1. The van der Waals surface area contributed by atoms with Crippen LogP contribution >= 0.6 is 0 Å². The van der Waals surface area contributed by atoms with Gasteiger partial charge in [-0.15, -0.1) is 5.11 Å². The molecule has 0 fully saturated rings. The molecule has 4 aromatic rings. The second kappa shape index (κ2) is 12.7. The van der Waals surface area contributed by atoms with Crippen LogP contribution in [0.2, 0.25) is 0 Å². The van der Waals surface area contributed by atoms with Crippen LogP contribution in [-0.2, 0) is 25.0 Å². The van der Waals surface area contributed by atoms with E-state index in [2.05, 4.69) is 25.8 Å². The van der Waals surface area contributed by atoms with Crippen molar-refractivity contribution in [3.05, 3.63) is 72.8 Å². The number of aromatic hydroxyl groups is 1. The van der Waals surface area contributed by atoms with Gasteiger partial charge >= 0.3 is 0 Å². The van der Waals surface area contributed by atoms with Gasteiger partial charge in [-0.2, -0.15) is 15.3 Å². The van der Waals surface area contributed by atoms with Crippen LogP contribution in [0.15, 0.2) is 103 Å².